The maximum atomic E-state index is 11.0. The first-order valence-electron chi connectivity index (χ1n) is 6.59. The van der Waals surface area contributed by atoms with Crippen molar-refractivity contribution in [1.82, 2.24) is 15.4 Å². The molecule has 0 aliphatic rings. The van der Waals surface area contributed by atoms with Gasteiger partial charge in [-0.1, -0.05) is 29.3 Å². The van der Waals surface area contributed by atoms with E-state index in [1.807, 2.05) is 13.0 Å². The lowest BCUT2D eigenvalue weighted by atomic mass is 10.1. The van der Waals surface area contributed by atoms with Crippen LogP contribution in [0.25, 0.3) is 0 Å². The molecule has 1 aromatic rings. The lowest BCUT2D eigenvalue weighted by Gasteiger charge is -2.18. The second kappa shape index (κ2) is 8.57. The third-order valence-electron chi connectivity index (χ3n) is 2.80. The van der Waals surface area contributed by atoms with Crippen LogP contribution in [-0.4, -0.2) is 40.8 Å². The highest BCUT2D eigenvalue weighted by Gasteiger charge is 2.09. The SMILES string of the molecule is CN=C(NCCNS(C)(=O)=O)NC(C)c1ccc(Cl)c(Cl)c1. The largest absolute Gasteiger partial charge is 0.355 e. The fourth-order valence-electron chi connectivity index (χ4n) is 1.68. The number of hydrogen-bond acceptors (Lipinski definition) is 3. The zero-order valence-electron chi connectivity index (χ0n) is 12.7. The van der Waals surface area contributed by atoms with Crippen molar-refractivity contribution in [3.8, 4) is 0 Å². The number of sulfonamides is 1. The first kappa shape index (κ1) is 19.0. The van der Waals surface area contributed by atoms with E-state index in [9.17, 15) is 8.42 Å². The first-order chi connectivity index (χ1) is 10.2. The van der Waals surface area contributed by atoms with Gasteiger partial charge in [-0.2, -0.15) is 0 Å². The normalized spacial score (nSPS) is 13.8. The minimum absolute atomic E-state index is 0.0381. The predicted octanol–water partition coefficient (Wildman–Crippen LogP) is 1.77. The summed E-state index contributed by atoms with van der Waals surface area (Å²) >= 11 is 11.9. The molecule has 0 saturated carbocycles. The number of hydrogen-bond donors (Lipinski definition) is 3. The van der Waals surface area contributed by atoms with Crippen LogP contribution in [0, 0.1) is 0 Å². The highest BCUT2D eigenvalue weighted by molar-refractivity contribution is 7.88. The summed E-state index contributed by atoms with van der Waals surface area (Å²) in [5, 5.41) is 7.21. The van der Waals surface area contributed by atoms with Crippen molar-refractivity contribution in [3.05, 3.63) is 33.8 Å². The van der Waals surface area contributed by atoms with E-state index in [1.165, 1.54) is 0 Å². The Labute approximate surface area is 141 Å². The van der Waals surface area contributed by atoms with Crippen LogP contribution in [0.4, 0.5) is 0 Å². The zero-order chi connectivity index (χ0) is 16.8. The van der Waals surface area contributed by atoms with Gasteiger partial charge in [-0.3, -0.25) is 4.99 Å². The summed E-state index contributed by atoms with van der Waals surface area (Å²) in [5.41, 5.74) is 0.964. The molecule has 1 atom stereocenters. The summed E-state index contributed by atoms with van der Waals surface area (Å²) < 4.78 is 24.3. The van der Waals surface area contributed by atoms with E-state index in [0.29, 0.717) is 22.5 Å². The molecule has 124 valence electrons. The van der Waals surface area contributed by atoms with Crippen LogP contribution in [-0.2, 0) is 10.0 Å². The van der Waals surface area contributed by atoms with Crippen molar-refractivity contribution in [2.75, 3.05) is 26.4 Å². The van der Waals surface area contributed by atoms with E-state index < -0.39 is 10.0 Å². The second-order valence-electron chi connectivity index (χ2n) is 4.71. The van der Waals surface area contributed by atoms with E-state index >= 15 is 0 Å². The molecule has 0 radical (unpaired) electrons. The van der Waals surface area contributed by atoms with Crippen molar-refractivity contribution < 1.29 is 8.42 Å². The van der Waals surface area contributed by atoms with Crippen molar-refractivity contribution >= 4 is 39.2 Å². The molecule has 22 heavy (non-hydrogen) atoms. The van der Waals surface area contributed by atoms with Gasteiger partial charge in [-0.15, -0.1) is 0 Å². The van der Waals surface area contributed by atoms with E-state index in [4.69, 9.17) is 23.2 Å². The van der Waals surface area contributed by atoms with E-state index in [2.05, 4.69) is 20.3 Å². The molecule has 0 heterocycles. The van der Waals surface area contributed by atoms with Crippen LogP contribution >= 0.6 is 23.2 Å². The smallest absolute Gasteiger partial charge is 0.208 e. The van der Waals surface area contributed by atoms with Crippen molar-refractivity contribution in [2.45, 2.75) is 13.0 Å². The van der Waals surface area contributed by atoms with Gasteiger partial charge in [-0.25, -0.2) is 13.1 Å². The van der Waals surface area contributed by atoms with Gasteiger partial charge >= 0.3 is 0 Å². The summed E-state index contributed by atoms with van der Waals surface area (Å²) in [4.78, 5) is 4.09. The topological polar surface area (TPSA) is 82.6 Å². The Morgan fingerprint density at radius 1 is 1.27 bits per heavy atom. The maximum absolute atomic E-state index is 11.0. The molecule has 0 aliphatic heterocycles. The van der Waals surface area contributed by atoms with Crippen molar-refractivity contribution in [2.24, 2.45) is 4.99 Å². The molecule has 1 unspecified atom stereocenters. The Hall–Kier alpha value is -1.02. The van der Waals surface area contributed by atoms with E-state index in [-0.39, 0.29) is 12.6 Å². The van der Waals surface area contributed by atoms with Gasteiger partial charge in [0, 0.05) is 20.1 Å². The second-order valence-corrected chi connectivity index (χ2v) is 7.35. The van der Waals surface area contributed by atoms with Crippen molar-refractivity contribution in [1.29, 1.82) is 0 Å². The van der Waals surface area contributed by atoms with Gasteiger partial charge in [0.2, 0.25) is 10.0 Å². The fraction of sp³-hybridized carbons (Fsp3) is 0.462. The van der Waals surface area contributed by atoms with Crippen LogP contribution in [0.5, 0.6) is 0 Å². The molecule has 0 fully saturated rings. The maximum Gasteiger partial charge on any atom is 0.208 e. The number of rotatable bonds is 6. The van der Waals surface area contributed by atoms with Crippen LogP contribution in [0.15, 0.2) is 23.2 Å². The molecule has 9 heteroatoms. The molecule has 1 rings (SSSR count). The Bertz CT molecular complexity index is 635. The Kier molecular flexibility index (Phi) is 7.41. The molecule has 0 amide bonds. The quantitative estimate of drug-likeness (QED) is 0.407. The van der Waals surface area contributed by atoms with E-state index in [0.717, 1.165) is 11.8 Å². The third kappa shape index (κ3) is 6.83. The fourth-order valence-corrected chi connectivity index (χ4v) is 2.46. The molecule has 0 bridgehead atoms. The van der Waals surface area contributed by atoms with Crippen LogP contribution in [0.3, 0.4) is 0 Å². The summed E-state index contributed by atoms with van der Waals surface area (Å²) in [6, 6.07) is 5.37. The zero-order valence-corrected chi connectivity index (χ0v) is 15.0. The summed E-state index contributed by atoms with van der Waals surface area (Å²) in [6.07, 6.45) is 1.12. The number of halogens is 2. The predicted molar refractivity (Wildman–Crippen MR) is 92.2 cm³/mol. The summed E-state index contributed by atoms with van der Waals surface area (Å²) in [5.74, 6) is 0.564. The number of nitrogens with zero attached hydrogens (tertiary/aromatic N) is 1. The number of nitrogens with one attached hydrogen (secondary N) is 3. The summed E-state index contributed by atoms with van der Waals surface area (Å²) in [7, 11) is -1.54. The molecule has 6 nitrogen and oxygen atoms in total. The Morgan fingerprint density at radius 3 is 2.50 bits per heavy atom. The lowest BCUT2D eigenvalue weighted by Crippen LogP contribution is -2.42. The highest BCUT2D eigenvalue weighted by Crippen LogP contribution is 2.25. The number of guanidine groups is 1. The molecular weight excluding hydrogens is 347 g/mol. The minimum Gasteiger partial charge on any atom is -0.355 e. The van der Waals surface area contributed by atoms with Gasteiger partial charge < -0.3 is 10.6 Å². The average molecular weight is 367 g/mol. The van der Waals surface area contributed by atoms with Gasteiger partial charge in [-0.05, 0) is 24.6 Å². The Morgan fingerprint density at radius 2 is 1.95 bits per heavy atom. The van der Waals surface area contributed by atoms with Crippen molar-refractivity contribution in [3.63, 3.8) is 0 Å². The highest BCUT2D eigenvalue weighted by atomic mass is 35.5. The monoisotopic (exact) mass is 366 g/mol. The standard InChI is InChI=1S/C13H20Cl2N4O2S/c1-9(10-4-5-11(14)12(15)8-10)19-13(16-2)17-6-7-18-22(3,20)21/h4-5,8-9,18H,6-7H2,1-3H3,(H2,16,17,19). The molecule has 1 aromatic carbocycles. The third-order valence-corrected chi connectivity index (χ3v) is 4.27. The van der Waals surface area contributed by atoms with Gasteiger partial charge in [0.1, 0.15) is 0 Å². The minimum atomic E-state index is -3.18. The molecule has 3 N–H and O–H groups in total. The average Bonchev–Trinajstić information content (AvgIpc) is 2.43. The lowest BCUT2D eigenvalue weighted by molar-refractivity contribution is 0.586. The van der Waals surface area contributed by atoms with Gasteiger partial charge in [0.15, 0.2) is 5.96 Å². The molecule has 0 aromatic heterocycles. The van der Waals surface area contributed by atoms with E-state index in [1.54, 1.807) is 19.2 Å². The molecular formula is C13H20Cl2N4O2S. The first-order valence-corrected chi connectivity index (χ1v) is 9.24. The van der Waals surface area contributed by atoms with Crippen LogP contribution in [0.1, 0.15) is 18.5 Å². The summed E-state index contributed by atoms with van der Waals surface area (Å²) in [6.45, 7) is 2.66. The van der Waals surface area contributed by atoms with Crippen LogP contribution < -0.4 is 15.4 Å². The Balaban J connectivity index is 2.53. The molecule has 0 saturated heterocycles. The number of benzene rings is 1. The molecule has 0 spiro atoms. The van der Waals surface area contributed by atoms with Crippen LogP contribution in [0.2, 0.25) is 10.0 Å². The number of aliphatic imine (C=N–C) groups is 1. The van der Waals surface area contributed by atoms with Gasteiger partial charge in [0.25, 0.3) is 0 Å². The van der Waals surface area contributed by atoms with Gasteiger partial charge in [0.05, 0.1) is 22.3 Å². The molecule has 0 aliphatic carbocycles.